The van der Waals surface area contributed by atoms with Gasteiger partial charge in [0.1, 0.15) is 6.10 Å². The number of nitrogens with one attached hydrogen (secondary N) is 1. The lowest BCUT2D eigenvalue weighted by Crippen LogP contribution is -2.34. The number of halogens is 1. The number of fused-ring (bicyclic) bond motifs is 1. The molecule has 1 atom stereocenters. The van der Waals surface area contributed by atoms with E-state index in [0.717, 1.165) is 17.3 Å². The largest absolute Gasteiger partial charge is 0.472 e. The molecule has 3 aromatic rings. The van der Waals surface area contributed by atoms with Crippen LogP contribution in [0, 0.1) is 0 Å². The summed E-state index contributed by atoms with van der Waals surface area (Å²) in [7, 11) is 0. The van der Waals surface area contributed by atoms with Crippen LogP contribution < -0.4 is 10.1 Å². The van der Waals surface area contributed by atoms with Crippen LogP contribution in [0.15, 0.2) is 60.7 Å². The Balaban J connectivity index is 1.37. The molecule has 0 unspecified atom stereocenters. The van der Waals surface area contributed by atoms with Gasteiger partial charge in [0.05, 0.1) is 12.1 Å². The first-order valence-corrected chi connectivity index (χ1v) is 8.89. The molecule has 2 aromatic carbocycles. The van der Waals surface area contributed by atoms with Gasteiger partial charge in [-0.15, -0.1) is 0 Å². The van der Waals surface area contributed by atoms with Crippen LogP contribution in [0.1, 0.15) is 6.42 Å². The summed E-state index contributed by atoms with van der Waals surface area (Å²) in [6.07, 6.45) is 0.714. The van der Waals surface area contributed by atoms with Gasteiger partial charge >= 0.3 is 6.03 Å². The molecule has 26 heavy (non-hydrogen) atoms. The van der Waals surface area contributed by atoms with E-state index in [9.17, 15) is 4.79 Å². The predicted octanol–water partition coefficient (Wildman–Crippen LogP) is 4.57. The number of urea groups is 1. The van der Waals surface area contributed by atoms with Crippen LogP contribution in [-0.4, -0.2) is 35.1 Å². The third-order valence-electron chi connectivity index (χ3n) is 4.37. The standard InChI is InChI=1S/C20H18ClN3O2/c21-15-5-3-6-16(12-15)22-20(25)24-11-10-17(13-24)26-19-9-8-14-4-1-2-7-18(14)23-19/h1-9,12,17H,10-11,13H2,(H,22,25)/t17-/m1/s1. The summed E-state index contributed by atoms with van der Waals surface area (Å²) in [4.78, 5) is 18.7. The predicted molar refractivity (Wildman–Crippen MR) is 103 cm³/mol. The minimum atomic E-state index is -0.148. The Morgan fingerprint density at radius 2 is 2.04 bits per heavy atom. The fourth-order valence-corrected chi connectivity index (χ4v) is 3.25. The SMILES string of the molecule is O=C(Nc1cccc(Cl)c1)N1CC[C@@H](Oc2ccc3ccccc3n2)C1. The highest BCUT2D eigenvalue weighted by Gasteiger charge is 2.28. The quantitative estimate of drug-likeness (QED) is 0.737. The highest BCUT2D eigenvalue weighted by molar-refractivity contribution is 6.30. The van der Waals surface area contributed by atoms with Crippen molar-refractivity contribution in [2.45, 2.75) is 12.5 Å². The maximum absolute atomic E-state index is 12.4. The number of benzene rings is 2. The minimum Gasteiger partial charge on any atom is -0.472 e. The summed E-state index contributed by atoms with van der Waals surface area (Å²) < 4.78 is 5.98. The zero-order chi connectivity index (χ0) is 17.9. The number of aromatic nitrogens is 1. The molecular formula is C20H18ClN3O2. The number of para-hydroxylation sites is 1. The lowest BCUT2D eigenvalue weighted by atomic mass is 10.2. The van der Waals surface area contributed by atoms with Gasteiger partial charge in [0, 0.05) is 35.1 Å². The molecule has 6 heteroatoms. The van der Waals surface area contributed by atoms with Crippen molar-refractivity contribution in [2.75, 3.05) is 18.4 Å². The van der Waals surface area contributed by atoms with Crippen LogP contribution in [0.4, 0.5) is 10.5 Å². The minimum absolute atomic E-state index is 0.0613. The summed E-state index contributed by atoms with van der Waals surface area (Å²) in [6, 6.07) is 18.7. The van der Waals surface area contributed by atoms with Crippen molar-refractivity contribution in [3.05, 3.63) is 65.7 Å². The molecule has 1 N–H and O–H groups in total. The van der Waals surface area contributed by atoms with Gasteiger partial charge in [-0.1, -0.05) is 35.9 Å². The van der Waals surface area contributed by atoms with E-state index in [0.29, 0.717) is 29.7 Å². The van der Waals surface area contributed by atoms with Gasteiger partial charge in [0.2, 0.25) is 5.88 Å². The van der Waals surface area contributed by atoms with Gasteiger partial charge < -0.3 is 15.0 Å². The summed E-state index contributed by atoms with van der Waals surface area (Å²) in [5.74, 6) is 0.589. The van der Waals surface area contributed by atoms with Crippen LogP contribution in [0.5, 0.6) is 5.88 Å². The summed E-state index contributed by atoms with van der Waals surface area (Å²) in [6.45, 7) is 1.17. The Morgan fingerprint density at radius 1 is 1.15 bits per heavy atom. The summed E-state index contributed by atoms with van der Waals surface area (Å²) in [5, 5.41) is 4.53. The first kappa shape index (κ1) is 16.7. The number of rotatable bonds is 3. The second kappa shape index (κ2) is 7.22. The Hall–Kier alpha value is -2.79. The second-order valence-electron chi connectivity index (χ2n) is 6.26. The molecule has 132 valence electrons. The van der Waals surface area contributed by atoms with E-state index in [1.807, 2.05) is 42.5 Å². The number of hydrogen-bond donors (Lipinski definition) is 1. The van der Waals surface area contributed by atoms with Crippen molar-refractivity contribution in [1.29, 1.82) is 0 Å². The zero-order valence-electron chi connectivity index (χ0n) is 14.1. The smallest absolute Gasteiger partial charge is 0.321 e. The lowest BCUT2D eigenvalue weighted by molar-refractivity contribution is 0.190. The van der Waals surface area contributed by atoms with E-state index >= 15 is 0 Å². The average molecular weight is 368 g/mol. The summed E-state index contributed by atoms with van der Waals surface area (Å²) >= 11 is 5.95. The molecule has 1 aliphatic rings. The maximum atomic E-state index is 12.4. The Kier molecular flexibility index (Phi) is 4.63. The lowest BCUT2D eigenvalue weighted by Gasteiger charge is -2.18. The first-order valence-electron chi connectivity index (χ1n) is 8.51. The molecule has 1 saturated heterocycles. The van der Waals surface area contributed by atoms with E-state index in [2.05, 4.69) is 10.3 Å². The topological polar surface area (TPSA) is 54.5 Å². The number of hydrogen-bond acceptors (Lipinski definition) is 3. The molecule has 1 aromatic heterocycles. The van der Waals surface area contributed by atoms with Gasteiger partial charge in [0.25, 0.3) is 0 Å². The molecule has 5 nitrogen and oxygen atoms in total. The molecular weight excluding hydrogens is 350 g/mol. The third kappa shape index (κ3) is 3.73. The zero-order valence-corrected chi connectivity index (χ0v) is 14.8. The molecule has 0 radical (unpaired) electrons. The first-order chi connectivity index (χ1) is 12.7. The number of nitrogens with zero attached hydrogens (tertiary/aromatic N) is 2. The molecule has 1 aliphatic heterocycles. The fourth-order valence-electron chi connectivity index (χ4n) is 3.06. The molecule has 1 fully saturated rings. The van der Waals surface area contributed by atoms with Gasteiger partial charge in [-0.2, -0.15) is 0 Å². The molecule has 2 amide bonds. The Morgan fingerprint density at radius 3 is 2.92 bits per heavy atom. The maximum Gasteiger partial charge on any atom is 0.321 e. The molecule has 0 bridgehead atoms. The van der Waals surface area contributed by atoms with E-state index in [4.69, 9.17) is 16.3 Å². The monoisotopic (exact) mass is 367 g/mol. The van der Waals surface area contributed by atoms with Crippen molar-refractivity contribution in [2.24, 2.45) is 0 Å². The van der Waals surface area contributed by atoms with Crippen molar-refractivity contribution in [1.82, 2.24) is 9.88 Å². The van der Waals surface area contributed by atoms with Crippen LogP contribution in [0.2, 0.25) is 5.02 Å². The number of anilines is 1. The van der Waals surface area contributed by atoms with Gasteiger partial charge in [0.15, 0.2) is 0 Å². The number of ether oxygens (including phenoxy) is 1. The third-order valence-corrected chi connectivity index (χ3v) is 4.60. The van der Waals surface area contributed by atoms with E-state index in [1.54, 1.807) is 23.1 Å². The number of carbonyl (C=O) groups excluding carboxylic acids is 1. The highest BCUT2D eigenvalue weighted by Crippen LogP contribution is 2.21. The molecule has 0 spiro atoms. The second-order valence-corrected chi connectivity index (χ2v) is 6.69. The van der Waals surface area contributed by atoms with Gasteiger partial charge in [-0.05, 0) is 30.3 Å². The number of likely N-dealkylation sites (tertiary alicyclic amines) is 1. The van der Waals surface area contributed by atoms with Crippen molar-refractivity contribution in [3.63, 3.8) is 0 Å². The van der Waals surface area contributed by atoms with E-state index in [1.165, 1.54) is 0 Å². The number of carbonyl (C=O) groups is 1. The van der Waals surface area contributed by atoms with Crippen LogP contribution >= 0.6 is 11.6 Å². The molecule has 4 rings (SSSR count). The van der Waals surface area contributed by atoms with Gasteiger partial charge in [-0.25, -0.2) is 9.78 Å². The van der Waals surface area contributed by atoms with Gasteiger partial charge in [-0.3, -0.25) is 0 Å². The van der Waals surface area contributed by atoms with Crippen LogP contribution in [0.3, 0.4) is 0 Å². The molecule has 0 saturated carbocycles. The highest BCUT2D eigenvalue weighted by atomic mass is 35.5. The van der Waals surface area contributed by atoms with Crippen molar-refractivity contribution >= 4 is 34.2 Å². The molecule has 0 aliphatic carbocycles. The number of amides is 2. The average Bonchev–Trinajstić information content (AvgIpc) is 3.10. The van der Waals surface area contributed by atoms with E-state index < -0.39 is 0 Å². The number of pyridine rings is 1. The van der Waals surface area contributed by atoms with Crippen LogP contribution in [0.25, 0.3) is 10.9 Å². The molecule has 2 heterocycles. The van der Waals surface area contributed by atoms with E-state index in [-0.39, 0.29) is 12.1 Å². The van der Waals surface area contributed by atoms with Crippen molar-refractivity contribution in [3.8, 4) is 5.88 Å². The Bertz CT molecular complexity index is 947. The normalized spacial score (nSPS) is 16.7. The summed E-state index contributed by atoms with van der Waals surface area (Å²) in [5.41, 5.74) is 1.58. The fraction of sp³-hybridized carbons (Fsp3) is 0.200. The Labute approximate surface area is 156 Å². The van der Waals surface area contributed by atoms with Crippen LogP contribution in [-0.2, 0) is 0 Å². The van der Waals surface area contributed by atoms with Crippen molar-refractivity contribution < 1.29 is 9.53 Å².